The molecule has 0 aromatic heterocycles. The molecule has 0 radical (unpaired) electrons. The molecule has 1 unspecified atom stereocenters. The largest absolute Gasteiger partial charge is 0.496 e. The van der Waals surface area contributed by atoms with Crippen LogP contribution in [0.1, 0.15) is 53.0 Å². The Balaban J connectivity index is 2.17. The van der Waals surface area contributed by atoms with Gasteiger partial charge in [0.2, 0.25) is 5.88 Å². The molecule has 1 fully saturated rings. The lowest BCUT2D eigenvalue weighted by Crippen LogP contribution is -2.41. The van der Waals surface area contributed by atoms with Crippen molar-refractivity contribution in [3.63, 3.8) is 0 Å². The van der Waals surface area contributed by atoms with Gasteiger partial charge in [-0.05, 0) is 53.1 Å². The van der Waals surface area contributed by atoms with Crippen molar-refractivity contribution in [3.05, 3.63) is 46.6 Å². The molecule has 1 atom stereocenters. The zero-order valence-corrected chi connectivity index (χ0v) is 19.6. The van der Waals surface area contributed by atoms with Gasteiger partial charge in [-0.15, -0.1) is 0 Å². The number of esters is 1. The standard InChI is InChI=1S/C23H29BN2O6/c1-8-29-21(27)18-13(2)30-20(26)16(12-25)19(18)15-11-14(9-10-17(15)28-7)24-31-22(3,4)23(5,6)32-24/h9-11,19H,8,26H2,1-7H3. The summed E-state index contributed by atoms with van der Waals surface area (Å²) in [6, 6.07) is 7.49. The van der Waals surface area contributed by atoms with Gasteiger partial charge in [0, 0.05) is 5.56 Å². The number of carbonyl (C=O) groups is 1. The van der Waals surface area contributed by atoms with E-state index in [-0.39, 0.29) is 29.4 Å². The number of ether oxygens (including phenoxy) is 3. The van der Waals surface area contributed by atoms with Crippen molar-refractivity contribution in [1.29, 1.82) is 5.26 Å². The van der Waals surface area contributed by atoms with Gasteiger partial charge in [-0.1, -0.05) is 12.1 Å². The number of carbonyl (C=O) groups excluding carboxylic acids is 1. The van der Waals surface area contributed by atoms with E-state index >= 15 is 0 Å². The van der Waals surface area contributed by atoms with Crippen LogP contribution in [0.2, 0.25) is 0 Å². The third-order valence-electron chi connectivity index (χ3n) is 6.19. The second kappa shape index (κ2) is 8.53. The predicted octanol–water partition coefficient (Wildman–Crippen LogP) is 2.64. The lowest BCUT2D eigenvalue weighted by molar-refractivity contribution is -0.139. The summed E-state index contributed by atoms with van der Waals surface area (Å²) in [6.07, 6.45) is 0. The second-order valence-corrected chi connectivity index (χ2v) is 8.70. The molecule has 2 N–H and O–H groups in total. The number of rotatable bonds is 5. The first-order valence-electron chi connectivity index (χ1n) is 10.5. The molecule has 0 aliphatic carbocycles. The predicted molar refractivity (Wildman–Crippen MR) is 119 cm³/mol. The van der Waals surface area contributed by atoms with Crippen molar-refractivity contribution in [2.24, 2.45) is 5.73 Å². The molecule has 1 aromatic rings. The molecule has 2 aliphatic rings. The minimum atomic E-state index is -0.829. The number of nitriles is 1. The van der Waals surface area contributed by atoms with Crippen molar-refractivity contribution >= 4 is 18.6 Å². The molecule has 3 rings (SSSR count). The lowest BCUT2D eigenvalue weighted by atomic mass is 9.75. The number of nitrogens with two attached hydrogens (primary N) is 1. The minimum absolute atomic E-state index is 0.0638. The summed E-state index contributed by atoms with van der Waals surface area (Å²) in [4.78, 5) is 12.8. The van der Waals surface area contributed by atoms with Crippen LogP contribution >= 0.6 is 0 Å². The Bertz CT molecular complexity index is 1020. The van der Waals surface area contributed by atoms with Gasteiger partial charge < -0.3 is 29.3 Å². The summed E-state index contributed by atoms with van der Waals surface area (Å²) in [6.45, 7) is 11.4. The van der Waals surface area contributed by atoms with Gasteiger partial charge in [-0.3, -0.25) is 0 Å². The zero-order valence-electron chi connectivity index (χ0n) is 19.6. The molecular formula is C23H29BN2O6. The van der Waals surface area contributed by atoms with Gasteiger partial charge >= 0.3 is 13.1 Å². The van der Waals surface area contributed by atoms with Crippen molar-refractivity contribution in [3.8, 4) is 11.8 Å². The van der Waals surface area contributed by atoms with Gasteiger partial charge in [-0.2, -0.15) is 5.26 Å². The molecule has 0 amide bonds. The number of methoxy groups -OCH3 is 1. The highest BCUT2D eigenvalue weighted by Crippen LogP contribution is 2.43. The van der Waals surface area contributed by atoms with E-state index in [0.29, 0.717) is 11.3 Å². The van der Waals surface area contributed by atoms with Crippen LogP contribution in [0.25, 0.3) is 0 Å². The first-order chi connectivity index (χ1) is 15.0. The Hall–Kier alpha value is -2.96. The molecule has 2 aliphatic heterocycles. The smallest absolute Gasteiger partial charge is 0.494 e. The van der Waals surface area contributed by atoms with E-state index in [0.717, 1.165) is 5.46 Å². The van der Waals surface area contributed by atoms with Crippen LogP contribution in [0.4, 0.5) is 0 Å². The van der Waals surface area contributed by atoms with Gasteiger partial charge in [0.15, 0.2) is 0 Å². The molecular weight excluding hydrogens is 411 g/mol. The summed E-state index contributed by atoms with van der Waals surface area (Å²) in [7, 11) is 0.888. The van der Waals surface area contributed by atoms with Crippen molar-refractivity contribution in [2.75, 3.05) is 13.7 Å². The number of hydrogen-bond donors (Lipinski definition) is 1. The molecule has 8 nitrogen and oxygen atoms in total. The van der Waals surface area contributed by atoms with E-state index < -0.39 is 30.2 Å². The zero-order chi connectivity index (χ0) is 23.8. The summed E-state index contributed by atoms with van der Waals surface area (Å²) in [5, 5.41) is 9.86. The summed E-state index contributed by atoms with van der Waals surface area (Å²) in [5.74, 6) is -0.727. The molecule has 170 valence electrons. The Morgan fingerprint density at radius 3 is 2.41 bits per heavy atom. The molecule has 0 bridgehead atoms. The Morgan fingerprint density at radius 1 is 1.25 bits per heavy atom. The average molecular weight is 440 g/mol. The van der Waals surface area contributed by atoms with Crippen LogP contribution in [0.15, 0.2) is 41.0 Å². The lowest BCUT2D eigenvalue weighted by Gasteiger charge is -2.32. The van der Waals surface area contributed by atoms with Gasteiger partial charge in [0.1, 0.15) is 23.2 Å². The third kappa shape index (κ3) is 3.96. The van der Waals surface area contributed by atoms with Crippen LogP contribution in [0.5, 0.6) is 5.75 Å². The van der Waals surface area contributed by atoms with Crippen LogP contribution in [-0.2, 0) is 23.6 Å². The summed E-state index contributed by atoms with van der Waals surface area (Å²) in [5.41, 5.74) is 6.56. The topological polar surface area (TPSA) is 113 Å². The highest BCUT2D eigenvalue weighted by molar-refractivity contribution is 6.62. The average Bonchev–Trinajstić information content (AvgIpc) is 2.94. The monoisotopic (exact) mass is 440 g/mol. The van der Waals surface area contributed by atoms with E-state index in [9.17, 15) is 10.1 Å². The maximum Gasteiger partial charge on any atom is 0.494 e. The Kier molecular flexibility index (Phi) is 6.32. The van der Waals surface area contributed by atoms with Gasteiger partial charge in [-0.25, -0.2) is 4.79 Å². The molecule has 9 heteroatoms. The van der Waals surface area contributed by atoms with E-state index in [1.807, 2.05) is 39.8 Å². The molecule has 32 heavy (non-hydrogen) atoms. The van der Waals surface area contributed by atoms with Crippen molar-refractivity contribution < 1.29 is 28.3 Å². The van der Waals surface area contributed by atoms with Crippen LogP contribution in [-0.4, -0.2) is 38.0 Å². The van der Waals surface area contributed by atoms with E-state index in [1.54, 1.807) is 19.9 Å². The maximum atomic E-state index is 12.8. The van der Waals surface area contributed by atoms with E-state index in [2.05, 4.69) is 6.07 Å². The molecule has 0 spiro atoms. The van der Waals surface area contributed by atoms with E-state index in [1.165, 1.54) is 7.11 Å². The fourth-order valence-electron chi connectivity index (χ4n) is 3.77. The number of nitrogens with zero attached hydrogens (tertiary/aromatic N) is 1. The molecule has 0 saturated carbocycles. The molecule has 1 aromatic carbocycles. The Labute approximate surface area is 189 Å². The SMILES string of the molecule is CCOC(=O)C1=C(C)OC(N)=C(C#N)C1c1cc(B2OC(C)(C)C(C)(C)O2)ccc1OC. The number of allylic oxidation sites excluding steroid dienone is 2. The van der Waals surface area contributed by atoms with Crippen LogP contribution < -0.4 is 15.9 Å². The van der Waals surface area contributed by atoms with Crippen molar-refractivity contribution in [2.45, 2.75) is 58.7 Å². The molecule has 1 saturated heterocycles. The van der Waals surface area contributed by atoms with Crippen LogP contribution in [0, 0.1) is 11.3 Å². The fourth-order valence-corrected chi connectivity index (χ4v) is 3.77. The Morgan fingerprint density at radius 2 is 1.88 bits per heavy atom. The maximum absolute atomic E-state index is 12.8. The third-order valence-corrected chi connectivity index (χ3v) is 6.19. The highest BCUT2D eigenvalue weighted by atomic mass is 16.7. The highest BCUT2D eigenvalue weighted by Gasteiger charge is 2.52. The van der Waals surface area contributed by atoms with Crippen LogP contribution in [0.3, 0.4) is 0 Å². The normalized spacial score (nSPS) is 21.8. The van der Waals surface area contributed by atoms with Crippen molar-refractivity contribution in [1.82, 2.24) is 0 Å². The fraction of sp³-hybridized carbons (Fsp3) is 0.478. The minimum Gasteiger partial charge on any atom is -0.496 e. The number of hydrogen-bond acceptors (Lipinski definition) is 8. The quantitative estimate of drug-likeness (QED) is 0.549. The first kappa shape index (κ1) is 23.7. The van der Waals surface area contributed by atoms with Gasteiger partial charge in [0.05, 0.1) is 36.4 Å². The first-order valence-corrected chi connectivity index (χ1v) is 10.5. The molecule has 2 heterocycles. The summed E-state index contributed by atoms with van der Waals surface area (Å²) < 4.78 is 28.7. The second-order valence-electron chi connectivity index (χ2n) is 8.70. The van der Waals surface area contributed by atoms with Gasteiger partial charge in [0.25, 0.3) is 0 Å². The number of benzene rings is 1. The van der Waals surface area contributed by atoms with E-state index in [4.69, 9.17) is 29.3 Å². The summed E-state index contributed by atoms with van der Waals surface area (Å²) >= 11 is 0.